The van der Waals surface area contributed by atoms with Crippen molar-refractivity contribution < 1.29 is 9.47 Å². The Kier molecular flexibility index (Phi) is 5.54. The topological polar surface area (TPSA) is 31.4 Å². The van der Waals surface area contributed by atoms with Crippen molar-refractivity contribution in [3.8, 4) is 44.9 Å². The third kappa shape index (κ3) is 3.94. The van der Waals surface area contributed by atoms with Gasteiger partial charge in [0.2, 0.25) is 0 Å². The number of rotatable bonds is 5. The highest BCUT2D eigenvalue weighted by molar-refractivity contribution is 5.97. The van der Waals surface area contributed by atoms with Gasteiger partial charge in [0.1, 0.15) is 0 Å². The smallest absolute Gasteiger partial charge is 0.163 e. The molecule has 0 N–H and O–H groups in total. The molecule has 0 radical (unpaired) electrons. The van der Waals surface area contributed by atoms with Gasteiger partial charge in [-0.25, -0.2) is 0 Å². The van der Waals surface area contributed by atoms with Gasteiger partial charge >= 0.3 is 0 Å². The van der Waals surface area contributed by atoms with Gasteiger partial charge < -0.3 is 9.47 Å². The van der Waals surface area contributed by atoms with Gasteiger partial charge in [-0.15, -0.1) is 0 Å². The van der Waals surface area contributed by atoms with E-state index < -0.39 is 0 Å². The molecule has 3 nitrogen and oxygen atoms in total. The summed E-state index contributed by atoms with van der Waals surface area (Å²) in [5.41, 5.74) is 8.85. The first-order valence-corrected chi connectivity index (χ1v) is 11.0. The van der Waals surface area contributed by atoms with Crippen LogP contribution < -0.4 is 9.47 Å². The number of methoxy groups -OCH3 is 2. The molecule has 5 rings (SSSR count). The van der Waals surface area contributed by atoms with Crippen molar-refractivity contribution in [2.45, 2.75) is 6.92 Å². The second-order valence-electron chi connectivity index (χ2n) is 8.07. The summed E-state index contributed by atoms with van der Waals surface area (Å²) >= 11 is 0. The van der Waals surface area contributed by atoms with Crippen LogP contribution >= 0.6 is 0 Å². The highest BCUT2D eigenvalue weighted by atomic mass is 16.5. The third-order valence-electron chi connectivity index (χ3n) is 6.03. The largest absolute Gasteiger partial charge is 0.493 e. The zero-order valence-electron chi connectivity index (χ0n) is 19.0. The lowest BCUT2D eigenvalue weighted by Crippen LogP contribution is -1.94. The van der Waals surface area contributed by atoms with Crippen LogP contribution in [-0.2, 0) is 0 Å². The van der Waals surface area contributed by atoms with E-state index in [1.54, 1.807) is 14.2 Å². The fourth-order valence-electron chi connectivity index (χ4n) is 4.35. The average Bonchev–Trinajstić information content (AvgIpc) is 2.88. The predicted octanol–water partition coefficient (Wildman–Crippen LogP) is 7.56. The quantitative estimate of drug-likeness (QED) is 0.288. The first kappa shape index (κ1) is 20.8. The van der Waals surface area contributed by atoms with Gasteiger partial charge in [-0.2, -0.15) is 0 Å². The van der Waals surface area contributed by atoms with E-state index in [0.717, 1.165) is 39.1 Å². The van der Waals surface area contributed by atoms with Crippen molar-refractivity contribution in [3.05, 3.63) is 103 Å². The predicted molar refractivity (Wildman–Crippen MR) is 136 cm³/mol. The van der Waals surface area contributed by atoms with Crippen molar-refractivity contribution in [3.63, 3.8) is 0 Å². The van der Waals surface area contributed by atoms with E-state index in [9.17, 15) is 0 Å². The lowest BCUT2D eigenvalue weighted by atomic mass is 9.95. The summed E-state index contributed by atoms with van der Waals surface area (Å²) in [6, 6.07) is 31.8. The zero-order chi connectivity index (χ0) is 22.8. The first-order valence-electron chi connectivity index (χ1n) is 11.0. The number of aromatic nitrogens is 1. The molecule has 1 aromatic heterocycles. The highest BCUT2D eigenvalue weighted by Crippen LogP contribution is 2.37. The molecule has 0 fully saturated rings. The van der Waals surface area contributed by atoms with E-state index in [-0.39, 0.29) is 0 Å². The van der Waals surface area contributed by atoms with E-state index in [1.807, 2.05) is 25.3 Å². The summed E-state index contributed by atoms with van der Waals surface area (Å²) in [5, 5.41) is 1.12. The van der Waals surface area contributed by atoms with E-state index in [4.69, 9.17) is 14.5 Å². The van der Waals surface area contributed by atoms with Crippen LogP contribution in [0.5, 0.6) is 11.5 Å². The standard InChI is InChI=1S/C30H25NO2/c1-20-16-24(18-29(32-2)30(20)33-3)25-17-27-26(10-7-11-28(27)31-19-25)23-14-12-22(13-15-23)21-8-5-4-6-9-21/h4-19H,1-3H3. The van der Waals surface area contributed by atoms with E-state index >= 15 is 0 Å². The normalized spacial score (nSPS) is 10.9. The Hall–Kier alpha value is -4.11. The number of benzene rings is 4. The number of nitrogens with zero attached hydrogens (tertiary/aromatic N) is 1. The second kappa shape index (κ2) is 8.79. The molecule has 162 valence electrons. The Balaban J connectivity index is 1.60. The Morgan fingerprint density at radius 1 is 0.606 bits per heavy atom. The molecule has 0 aliphatic rings. The molecule has 0 saturated carbocycles. The number of pyridine rings is 1. The fraction of sp³-hybridized carbons (Fsp3) is 0.100. The van der Waals surface area contributed by atoms with Crippen LogP contribution in [0, 0.1) is 6.92 Å². The molecular formula is C30H25NO2. The summed E-state index contributed by atoms with van der Waals surface area (Å²) in [7, 11) is 3.33. The summed E-state index contributed by atoms with van der Waals surface area (Å²) in [6.45, 7) is 2.03. The third-order valence-corrected chi connectivity index (χ3v) is 6.03. The van der Waals surface area contributed by atoms with Crippen LogP contribution in [0.2, 0.25) is 0 Å². The Morgan fingerprint density at radius 3 is 2.06 bits per heavy atom. The minimum Gasteiger partial charge on any atom is -0.493 e. The number of hydrogen-bond donors (Lipinski definition) is 0. The second-order valence-corrected chi connectivity index (χ2v) is 8.07. The van der Waals surface area contributed by atoms with E-state index in [1.165, 1.54) is 22.3 Å². The molecule has 3 heteroatoms. The summed E-state index contributed by atoms with van der Waals surface area (Å²) in [4.78, 5) is 4.76. The molecule has 33 heavy (non-hydrogen) atoms. The van der Waals surface area contributed by atoms with Crippen LogP contribution in [0.3, 0.4) is 0 Å². The molecule has 0 unspecified atom stereocenters. The Labute approximate surface area is 194 Å². The maximum Gasteiger partial charge on any atom is 0.163 e. The molecule has 0 amide bonds. The maximum absolute atomic E-state index is 5.56. The molecule has 0 bridgehead atoms. The monoisotopic (exact) mass is 431 g/mol. The minimum absolute atomic E-state index is 0.720. The SMILES string of the molecule is COc1cc(-c2cnc3cccc(-c4ccc(-c5ccccc5)cc4)c3c2)cc(C)c1OC. The maximum atomic E-state index is 5.56. The summed E-state index contributed by atoms with van der Waals surface area (Å²) in [6.07, 6.45) is 1.92. The van der Waals surface area contributed by atoms with Crippen molar-refractivity contribution in [2.75, 3.05) is 14.2 Å². The van der Waals surface area contributed by atoms with Crippen LogP contribution in [-0.4, -0.2) is 19.2 Å². The van der Waals surface area contributed by atoms with Gasteiger partial charge in [0, 0.05) is 17.1 Å². The van der Waals surface area contributed by atoms with Gasteiger partial charge in [0.15, 0.2) is 11.5 Å². The minimum atomic E-state index is 0.720. The van der Waals surface area contributed by atoms with Crippen molar-refractivity contribution in [1.82, 2.24) is 4.98 Å². The Morgan fingerprint density at radius 2 is 1.33 bits per heavy atom. The Bertz CT molecular complexity index is 1420. The first-order chi connectivity index (χ1) is 16.2. The van der Waals surface area contributed by atoms with E-state index in [2.05, 4.69) is 78.9 Å². The van der Waals surface area contributed by atoms with E-state index in [0.29, 0.717) is 0 Å². The number of ether oxygens (including phenoxy) is 2. The van der Waals surface area contributed by atoms with Gasteiger partial charge in [-0.1, -0.05) is 66.7 Å². The van der Waals surface area contributed by atoms with Crippen molar-refractivity contribution >= 4 is 10.9 Å². The van der Waals surface area contributed by atoms with Crippen LogP contribution in [0.15, 0.2) is 97.2 Å². The molecule has 0 spiro atoms. The van der Waals surface area contributed by atoms with Crippen molar-refractivity contribution in [1.29, 1.82) is 0 Å². The molecule has 0 aliphatic carbocycles. The van der Waals surface area contributed by atoms with Crippen LogP contribution in [0.25, 0.3) is 44.3 Å². The van der Waals surface area contributed by atoms with Crippen LogP contribution in [0.4, 0.5) is 0 Å². The molecule has 0 saturated heterocycles. The molecule has 0 atom stereocenters. The van der Waals surface area contributed by atoms with Gasteiger partial charge in [0.05, 0.1) is 19.7 Å². The molecule has 5 aromatic rings. The lowest BCUT2D eigenvalue weighted by Gasteiger charge is -2.14. The van der Waals surface area contributed by atoms with Crippen LogP contribution in [0.1, 0.15) is 5.56 Å². The van der Waals surface area contributed by atoms with Gasteiger partial charge in [-0.3, -0.25) is 4.98 Å². The van der Waals surface area contributed by atoms with Gasteiger partial charge in [-0.05, 0) is 64.6 Å². The summed E-state index contributed by atoms with van der Waals surface area (Å²) in [5.74, 6) is 1.48. The van der Waals surface area contributed by atoms with Crippen molar-refractivity contribution in [2.24, 2.45) is 0 Å². The molecular weight excluding hydrogens is 406 g/mol. The fourth-order valence-corrected chi connectivity index (χ4v) is 4.35. The number of fused-ring (bicyclic) bond motifs is 1. The summed E-state index contributed by atoms with van der Waals surface area (Å²) < 4.78 is 11.1. The molecule has 4 aromatic carbocycles. The molecule has 0 aliphatic heterocycles. The number of hydrogen-bond acceptors (Lipinski definition) is 3. The number of aryl methyl sites for hydroxylation is 1. The average molecular weight is 432 g/mol. The molecule has 1 heterocycles. The lowest BCUT2D eigenvalue weighted by molar-refractivity contribution is 0.353. The zero-order valence-corrected chi connectivity index (χ0v) is 19.0. The van der Waals surface area contributed by atoms with Gasteiger partial charge in [0.25, 0.3) is 0 Å². The highest BCUT2D eigenvalue weighted by Gasteiger charge is 2.12.